The number of benzene rings is 1. The Morgan fingerprint density at radius 3 is 2.85 bits per heavy atom. The van der Waals surface area contributed by atoms with Crippen molar-refractivity contribution in [1.29, 1.82) is 0 Å². The van der Waals surface area contributed by atoms with Gasteiger partial charge in [0.25, 0.3) is 0 Å². The minimum atomic E-state index is 0.0129. The van der Waals surface area contributed by atoms with Crippen LogP contribution in [-0.4, -0.2) is 24.7 Å². The highest BCUT2D eigenvalue weighted by molar-refractivity contribution is 5.94. The third-order valence-corrected chi connectivity index (χ3v) is 4.10. The predicted octanol–water partition coefficient (Wildman–Crippen LogP) is 3.23. The smallest absolute Gasteiger partial charge is 0.322 e. The van der Waals surface area contributed by atoms with Gasteiger partial charge in [-0.25, -0.2) is 4.79 Å². The molecule has 0 aromatic heterocycles. The van der Waals surface area contributed by atoms with Gasteiger partial charge in [-0.05, 0) is 44.4 Å². The summed E-state index contributed by atoms with van der Waals surface area (Å²) in [4.78, 5) is 14.4. The maximum absolute atomic E-state index is 12.5. The summed E-state index contributed by atoms with van der Waals surface area (Å²) in [7, 11) is 0. The minimum absolute atomic E-state index is 0.0129. The molecule has 0 saturated heterocycles. The van der Waals surface area contributed by atoms with Crippen LogP contribution in [0.4, 0.5) is 10.5 Å². The van der Waals surface area contributed by atoms with Crippen LogP contribution in [-0.2, 0) is 0 Å². The largest absolute Gasteiger partial charge is 0.487 e. The number of aryl methyl sites for hydroxylation is 1. The molecule has 0 bridgehead atoms. The molecule has 4 nitrogen and oxygen atoms in total. The fourth-order valence-corrected chi connectivity index (χ4v) is 3.06. The number of fused-ring (bicyclic) bond motifs is 1. The first kappa shape index (κ1) is 13.3. The number of nitrogens with one attached hydrogen (secondary N) is 1. The van der Waals surface area contributed by atoms with Crippen molar-refractivity contribution in [2.75, 3.05) is 11.4 Å². The molecule has 1 heterocycles. The van der Waals surface area contributed by atoms with Gasteiger partial charge in [-0.15, -0.1) is 0 Å². The van der Waals surface area contributed by atoms with Crippen LogP contribution in [0, 0.1) is 6.92 Å². The van der Waals surface area contributed by atoms with E-state index in [4.69, 9.17) is 4.74 Å². The van der Waals surface area contributed by atoms with Crippen molar-refractivity contribution in [3.63, 3.8) is 0 Å². The Balaban J connectivity index is 1.81. The molecule has 108 valence electrons. The predicted molar refractivity (Wildman–Crippen MR) is 79.4 cm³/mol. The van der Waals surface area contributed by atoms with E-state index in [9.17, 15) is 4.79 Å². The molecule has 0 spiro atoms. The van der Waals surface area contributed by atoms with Crippen molar-refractivity contribution in [1.82, 2.24) is 5.32 Å². The number of carbonyl (C=O) groups is 1. The fourth-order valence-electron chi connectivity index (χ4n) is 3.06. The monoisotopic (exact) mass is 274 g/mol. The number of carbonyl (C=O) groups excluding carboxylic acids is 1. The second-order valence-corrected chi connectivity index (χ2v) is 5.94. The van der Waals surface area contributed by atoms with Crippen LogP contribution in [0.25, 0.3) is 0 Å². The van der Waals surface area contributed by atoms with E-state index in [0.717, 1.165) is 29.8 Å². The summed E-state index contributed by atoms with van der Waals surface area (Å²) in [5, 5.41) is 3.16. The summed E-state index contributed by atoms with van der Waals surface area (Å²) in [6.07, 6.45) is 4.68. The van der Waals surface area contributed by atoms with Gasteiger partial charge >= 0.3 is 6.03 Å². The highest BCUT2D eigenvalue weighted by atomic mass is 16.5. The van der Waals surface area contributed by atoms with Crippen LogP contribution < -0.4 is 15.0 Å². The fraction of sp³-hybridized carbons (Fsp3) is 0.562. The normalized spacial score (nSPS) is 22.3. The highest BCUT2D eigenvalue weighted by Gasteiger charge is 2.29. The van der Waals surface area contributed by atoms with E-state index in [-0.39, 0.29) is 12.1 Å². The molecule has 2 aliphatic rings. The van der Waals surface area contributed by atoms with Gasteiger partial charge in [0.15, 0.2) is 0 Å². The quantitative estimate of drug-likeness (QED) is 0.854. The van der Waals surface area contributed by atoms with Gasteiger partial charge in [-0.2, -0.15) is 0 Å². The zero-order chi connectivity index (χ0) is 14.1. The van der Waals surface area contributed by atoms with Crippen molar-refractivity contribution in [3.8, 4) is 5.75 Å². The number of rotatable bonds is 1. The maximum atomic E-state index is 12.5. The van der Waals surface area contributed by atoms with Crippen LogP contribution in [0.5, 0.6) is 5.75 Å². The number of hydrogen-bond donors (Lipinski definition) is 1. The van der Waals surface area contributed by atoms with Crippen molar-refractivity contribution in [2.24, 2.45) is 0 Å². The first-order valence-electron chi connectivity index (χ1n) is 7.49. The van der Waals surface area contributed by atoms with Crippen molar-refractivity contribution in [3.05, 3.63) is 23.8 Å². The van der Waals surface area contributed by atoms with E-state index in [2.05, 4.69) is 5.32 Å². The number of ether oxygens (including phenoxy) is 1. The Kier molecular flexibility index (Phi) is 3.55. The lowest BCUT2D eigenvalue weighted by Gasteiger charge is -2.34. The molecule has 3 rings (SSSR count). The Hall–Kier alpha value is -1.71. The minimum Gasteiger partial charge on any atom is -0.487 e. The topological polar surface area (TPSA) is 41.6 Å². The lowest BCUT2D eigenvalue weighted by Crippen LogP contribution is -2.49. The second-order valence-electron chi connectivity index (χ2n) is 5.94. The van der Waals surface area contributed by atoms with Gasteiger partial charge in [0.1, 0.15) is 11.9 Å². The Bertz CT molecular complexity index is 509. The number of urea groups is 1. The van der Waals surface area contributed by atoms with Gasteiger partial charge in [-0.3, -0.25) is 4.90 Å². The average molecular weight is 274 g/mol. The zero-order valence-corrected chi connectivity index (χ0v) is 12.2. The summed E-state index contributed by atoms with van der Waals surface area (Å²) in [6.45, 7) is 4.64. The molecular formula is C16H22N2O2. The van der Waals surface area contributed by atoms with E-state index in [1.54, 1.807) is 0 Å². The summed E-state index contributed by atoms with van der Waals surface area (Å²) < 4.78 is 5.82. The summed E-state index contributed by atoms with van der Waals surface area (Å²) >= 11 is 0. The van der Waals surface area contributed by atoms with E-state index in [1.165, 1.54) is 12.8 Å². The molecule has 0 unspecified atom stereocenters. The molecule has 0 radical (unpaired) electrons. The number of nitrogens with zero attached hydrogens (tertiary/aromatic N) is 1. The lowest BCUT2D eigenvalue weighted by atomic mass is 10.1. The standard InChI is InChI=1S/C16H22N2O2/c1-11-7-8-15-14(9-11)18(10-12(2)20-15)16(19)17-13-5-3-4-6-13/h7-9,12-13H,3-6,10H2,1-2H3,(H,17,19)/t12-/m1/s1. The molecular weight excluding hydrogens is 252 g/mol. The number of hydrogen-bond acceptors (Lipinski definition) is 2. The molecule has 2 amide bonds. The Morgan fingerprint density at radius 2 is 2.10 bits per heavy atom. The van der Waals surface area contributed by atoms with Gasteiger partial charge in [0.05, 0.1) is 12.2 Å². The van der Waals surface area contributed by atoms with Crippen LogP contribution >= 0.6 is 0 Å². The molecule has 1 aromatic rings. The molecule has 1 fully saturated rings. The van der Waals surface area contributed by atoms with E-state index in [1.807, 2.05) is 36.9 Å². The summed E-state index contributed by atoms with van der Waals surface area (Å²) in [6, 6.07) is 6.35. The molecule has 1 atom stereocenters. The van der Waals surface area contributed by atoms with E-state index in [0.29, 0.717) is 12.6 Å². The molecule has 1 aromatic carbocycles. The molecule has 20 heavy (non-hydrogen) atoms. The summed E-state index contributed by atoms with van der Waals surface area (Å²) in [5.41, 5.74) is 2.03. The van der Waals surface area contributed by atoms with Crippen LogP contribution in [0.2, 0.25) is 0 Å². The van der Waals surface area contributed by atoms with Gasteiger partial charge in [0.2, 0.25) is 0 Å². The van der Waals surface area contributed by atoms with E-state index < -0.39 is 0 Å². The first-order valence-corrected chi connectivity index (χ1v) is 7.49. The first-order chi connectivity index (χ1) is 9.63. The van der Waals surface area contributed by atoms with Crippen molar-refractivity contribution < 1.29 is 9.53 Å². The van der Waals surface area contributed by atoms with Crippen molar-refractivity contribution >= 4 is 11.7 Å². The third kappa shape index (κ3) is 2.60. The van der Waals surface area contributed by atoms with Crippen LogP contribution in [0.3, 0.4) is 0 Å². The second kappa shape index (κ2) is 5.35. The van der Waals surface area contributed by atoms with Crippen LogP contribution in [0.1, 0.15) is 38.2 Å². The molecule has 4 heteroatoms. The van der Waals surface area contributed by atoms with Gasteiger partial charge in [0, 0.05) is 6.04 Å². The molecule has 1 aliphatic heterocycles. The zero-order valence-electron chi connectivity index (χ0n) is 12.2. The number of amides is 2. The maximum Gasteiger partial charge on any atom is 0.322 e. The molecule has 1 saturated carbocycles. The molecule has 1 N–H and O–H groups in total. The van der Waals surface area contributed by atoms with Gasteiger partial charge in [-0.1, -0.05) is 18.9 Å². The van der Waals surface area contributed by atoms with E-state index >= 15 is 0 Å². The Labute approximate surface area is 120 Å². The van der Waals surface area contributed by atoms with Gasteiger partial charge < -0.3 is 10.1 Å². The molecule has 1 aliphatic carbocycles. The average Bonchev–Trinajstić information content (AvgIpc) is 2.91. The number of anilines is 1. The lowest BCUT2D eigenvalue weighted by molar-refractivity contribution is 0.204. The van der Waals surface area contributed by atoms with Crippen molar-refractivity contribution in [2.45, 2.75) is 51.7 Å². The SMILES string of the molecule is Cc1ccc2c(c1)N(C(=O)NC1CCCC1)C[C@@H](C)O2. The third-order valence-electron chi connectivity index (χ3n) is 4.10. The highest BCUT2D eigenvalue weighted by Crippen LogP contribution is 2.34. The van der Waals surface area contributed by atoms with Crippen LogP contribution in [0.15, 0.2) is 18.2 Å². The Morgan fingerprint density at radius 1 is 1.35 bits per heavy atom. The summed E-state index contributed by atoms with van der Waals surface area (Å²) in [5.74, 6) is 0.802.